The first-order valence-electron chi connectivity index (χ1n) is 5.21. The van der Waals surface area contributed by atoms with Gasteiger partial charge in [-0.3, -0.25) is 9.97 Å². The second-order valence-electron chi connectivity index (χ2n) is 3.57. The normalized spacial score (nSPS) is 10.6. The van der Waals surface area contributed by atoms with Gasteiger partial charge in [-0.05, 0) is 6.07 Å². The molecule has 0 unspecified atom stereocenters. The van der Waals surface area contributed by atoms with Gasteiger partial charge < -0.3 is 4.74 Å². The maximum absolute atomic E-state index is 5.39. The van der Waals surface area contributed by atoms with Crippen molar-refractivity contribution in [2.75, 3.05) is 7.11 Å². The van der Waals surface area contributed by atoms with E-state index in [4.69, 9.17) is 4.74 Å². The van der Waals surface area contributed by atoms with Gasteiger partial charge in [-0.25, -0.2) is 0 Å². The molecule has 0 aliphatic carbocycles. The van der Waals surface area contributed by atoms with Crippen LogP contribution < -0.4 is 4.74 Å². The van der Waals surface area contributed by atoms with Crippen molar-refractivity contribution in [2.24, 2.45) is 0 Å². The first-order chi connectivity index (χ1) is 8.40. The average Bonchev–Trinajstić information content (AvgIpc) is 2.82. The number of thiophene rings is 1. The van der Waals surface area contributed by atoms with E-state index in [1.807, 2.05) is 17.5 Å². The lowest BCUT2D eigenvalue weighted by Gasteiger charge is -2.04. The molecular weight excluding hydrogens is 232 g/mol. The minimum atomic E-state index is 0.870. The predicted octanol–water partition coefficient (Wildman–Crippen LogP) is 3.37. The molecule has 0 saturated carbocycles. The van der Waals surface area contributed by atoms with E-state index in [2.05, 4.69) is 16.0 Å². The van der Waals surface area contributed by atoms with E-state index in [9.17, 15) is 0 Å². The molecule has 0 atom stereocenters. The summed E-state index contributed by atoms with van der Waals surface area (Å²) in [4.78, 5) is 8.45. The zero-order valence-corrected chi connectivity index (χ0v) is 10.1. The van der Waals surface area contributed by atoms with Gasteiger partial charge >= 0.3 is 0 Å². The van der Waals surface area contributed by atoms with Crippen LogP contribution in [0.3, 0.4) is 0 Å². The molecule has 0 aliphatic heterocycles. The number of nitrogens with zero attached hydrogens (tertiary/aromatic N) is 2. The van der Waals surface area contributed by atoms with Crippen molar-refractivity contribution in [3.05, 3.63) is 42.2 Å². The summed E-state index contributed by atoms with van der Waals surface area (Å²) in [5, 5.41) is 3.13. The van der Waals surface area contributed by atoms with Gasteiger partial charge in [0, 0.05) is 33.4 Å². The Hall–Kier alpha value is -1.94. The molecule has 3 nitrogen and oxygen atoms in total. The molecule has 0 N–H and O–H groups in total. The van der Waals surface area contributed by atoms with Gasteiger partial charge in [0.1, 0.15) is 5.75 Å². The fraction of sp³-hybridized carbons (Fsp3) is 0.0769. The molecule has 84 valence electrons. The van der Waals surface area contributed by atoms with Crippen molar-refractivity contribution >= 4 is 21.4 Å². The smallest absolute Gasteiger partial charge is 0.138 e. The molecule has 3 aromatic rings. The summed E-state index contributed by atoms with van der Waals surface area (Å²) >= 11 is 1.67. The van der Waals surface area contributed by atoms with Crippen molar-refractivity contribution < 1.29 is 4.74 Å². The number of ether oxygens (including phenoxy) is 1. The molecule has 17 heavy (non-hydrogen) atoms. The Morgan fingerprint density at radius 3 is 2.94 bits per heavy atom. The van der Waals surface area contributed by atoms with E-state index >= 15 is 0 Å². The minimum absolute atomic E-state index is 0.870. The van der Waals surface area contributed by atoms with Crippen molar-refractivity contribution in [2.45, 2.75) is 0 Å². The molecule has 0 aliphatic rings. The number of benzene rings is 1. The van der Waals surface area contributed by atoms with E-state index in [1.165, 1.54) is 4.70 Å². The van der Waals surface area contributed by atoms with Crippen LogP contribution in [0, 0.1) is 0 Å². The SMILES string of the molecule is COc1csc2cccc(-c3cnccn3)c12. The highest BCUT2D eigenvalue weighted by Crippen LogP contribution is 2.38. The second-order valence-corrected chi connectivity index (χ2v) is 4.48. The third-order valence-corrected chi connectivity index (χ3v) is 3.55. The van der Waals surface area contributed by atoms with E-state index in [1.54, 1.807) is 37.0 Å². The van der Waals surface area contributed by atoms with E-state index in [-0.39, 0.29) is 0 Å². The molecule has 2 heterocycles. The zero-order valence-electron chi connectivity index (χ0n) is 9.25. The van der Waals surface area contributed by atoms with Crippen molar-refractivity contribution in [3.8, 4) is 17.0 Å². The van der Waals surface area contributed by atoms with Gasteiger partial charge in [0.2, 0.25) is 0 Å². The fourth-order valence-electron chi connectivity index (χ4n) is 1.86. The number of hydrogen-bond donors (Lipinski definition) is 0. The lowest BCUT2D eigenvalue weighted by molar-refractivity contribution is 0.421. The molecule has 0 fully saturated rings. The third-order valence-electron chi connectivity index (χ3n) is 2.62. The average molecular weight is 242 g/mol. The van der Waals surface area contributed by atoms with Crippen LogP contribution >= 0.6 is 11.3 Å². The lowest BCUT2D eigenvalue weighted by Crippen LogP contribution is -1.86. The fourth-order valence-corrected chi connectivity index (χ4v) is 2.79. The monoisotopic (exact) mass is 242 g/mol. The van der Waals surface area contributed by atoms with Crippen LogP contribution in [0.1, 0.15) is 0 Å². The van der Waals surface area contributed by atoms with Crippen LogP contribution in [-0.4, -0.2) is 17.1 Å². The summed E-state index contributed by atoms with van der Waals surface area (Å²) in [5.74, 6) is 0.895. The van der Waals surface area contributed by atoms with Crippen LogP contribution in [0.5, 0.6) is 5.75 Å². The van der Waals surface area contributed by atoms with Crippen LogP contribution in [-0.2, 0) is 0 Å². The van der Waals surface area contributed by atoms with Crippen LogP contribution in [0.15, 0.2) is 42.2 Å². The lowest BCUT2D eigenvalue weighted by atomic mass is 10.1. The Bertz CT molecular complexity index is 649. The summed E-state index contributed by atoms with van der Waals surface area (Å²) in [6, 6.07) is 6.16. The van der Waals surface area contributed by atoms with Gasteiger partial charge in [-0.1, -0.05) is 12.1 Å². The van der Waals surface area contributed by atoms with Crippen LogP contribution in [0.25, 0.3) is 21.3 Å². The van der Waals surface area contributed by atoms with E-state index in [0.29, 0.717) is 0 Å². The Morgan fingerprint density at radius 1 is 1.24 bits per heavy atom. The summed E-state index contributed by atoms with van der Waals surface area (Å²) < 4.78 is 6.59. The molecule has 3 rings (SSSR count). The topological polar surface area (TPSA) is 35.0 Å². The number of methoxy groups -OCH3 is 1. The van der Waals surface area contributed by atoms with Crippen molar-refractivity contribution in [3.63, 3.8) is 0 Å². The largest absolute Gasteiger partial charge is 0.495 e. The number of rotatable bonds is 2. The first-order valence-corrected chi connectivity index (χ1v) is 6.08. The highest BCUT2D eigenvalue weighted by Gasteiger charge is 2.11. The number of hydrogen-bond acceptors (Lipinski definition) is 4. The van der Waals surface area contributed by atoms with Crippen LogP contribution in [0.2, 0.25) is 0 Å². The molecule has 0 spiro atoms. The molecular formula is C13H10N2OS. The van der Waals surface area contributed by atoms with Gasteiger partial charge in [0.05, 0.1) is 19.0 Å². The van der Waals surface area contributed by atoms with Gasteiger partial charge in [0.15, 0.2) is 0 Å². The van der Waals surface area contributed by atoms with Crippen molar-refractivity contribution in [1.82, 2.24) is 9.97 Å². The van der Waals surface area contributed by atoms with Gasteiger partial charge in [-0.2, -0.15) is 0 Å². The van der Waals surface area contributed by atoms with E-state index in [0.717, 1.165) is 22.4 Å². The molecule has 0 bridgehead atoms. The molecule has 4 heteroatoms. The molecule has 0 saturated heterocycles. The summed E-state index contributed by atoms with van der Waals surface area (Å²) in [6.45, 7) is 0. The number of fused-ring (bicyclic) bond motifs is 1. The summed E-state index contributed by atoms with van der Waals surface area (Å²) in [7, 11) is 1.69. The Balaban J connectivity index is 2.33. The molecule has 2 aromatic heterocycles. The summed E-state index contributed by atoms with van der Waals surface area (Å²) in [5.41, 5.74) is 1.93. The van der Waals surface area contributed by atoms with Gasteiger partial charge in [0.25, 0.3) is 0 Å². The molecule has 0 amide bonds. The zero-order chi connectivity index (χ0) is 11.7. The minimum Gasteiger partial charge on any atom is -0.495 e. The maximum atomic E-state index is 5.39. The van der Waals surface area contributed by atoms with Crippen LogP contribution in [0.4, 0.5) is 0 Å². The van der Waals surface area contributed by atoms with Gasteiger partial charge in [-0.15, -0.1) is 11.3 Å². The highest BCUT2D eigenvalue weighted by molar-refractivity contribution is 7.17. The summed E-state index contributed by atoms with van der Waals surface area (Å²) in [6.07, 6.45) is 5.15. The number of aromatic nitrogens is 2. The van der Waals surface area contributed by atoms with E-state index < -0.39 is 0 Å². The predicted molar refractivity (Wildman–Crippen MR) is 69.4 cm³/mol. The first kappa shape index (κ1) is 10.2. The van der Waals surface area contributed by atoms with Crippen molar-refractivity contribution in [1.29, 1.82) is 0 Å². The standard InChI is InChI=1S/C13H10N2OS/c1-16-11-8-17-12-4-2-3-9(13(11)12)10-7-14-5-6-15-10/h2-8H,1H3. The highest BCUT2D eigenvalue weighted by atomic mass is 32.1. The Kier molecular flexibility index (Phi) is 2.49. The molecule has 1 aromatic carbocycles. The maximum Gasteiger partial charge on any atom is 0.138 e. The Morgan fingerprint density at radius 2 is 2.18 bits per heavy atom. The second kappa shape index (κ2) is 4.14. The quantitative estimate of drug-likeness (QED) is 0.691. The Labute approximate surface area is 103 Å². The molecule has 0 radical (unpaired) electrons. The third kappa shape index (κ3) is 1.66.